The smallest absolute Gasteiger partial charge is 0.338 e. The number of carbonyl (C=O) groups excluding carboxylic acids is 1. The molecule has 2 aromatic heterocycles. The number of carbonyl (C=O) groups is 2. The molecule has 1 aliphatic rings. The van der Waals surface area contributed by atoms with Gasteiger partial charge in [-0.25, -0.2) is 19.2 Å². The van der Waals surface area contributed by atoms with Crippen LogP contribution in [-0.2, 0) is 4.79 Å². The highest BCUT2D eigenvalue weighted by atomic mass is 35.5. The third kappa shape index (κ3) is 3.99. The molecule has 0 fully saturated rings. The van der Waals surface area contributed by atoms with Gasteiger partial charge in [-0.3, -0.25) is 4.79 Å². The number of anilines is 2. The van der Waals surface area contributed by atoms with Crippen molar-refractivity contribution in [2.45, 2.75) is 18.6 Å². The molecule has 31 heavy (non-hydrogen) atoms. The van der Waals surface area contributed by atoms with Crippen molar-refractivity contribution >= 4 is 35.0 Å². The molecule has 0 radical (unpaired) electrons. The number of benzene rings is 1. The van der Waals surface area contributed by atoms with Gasteiger partial charge in [0.15, 0.2) is 5.82 Å². The van der Waals surface area contributed by atoms with E-state index in [0.29, 0.717) is 22.6 Å². The fourth-order valence-corrected chi connectivity index (χ4v) is 3.81. The first-order chi connectivity index (χ1) is 14.8. The van der Waals surface area contributed by atoms with Gasteiger partial charge in [0.25, 0.3) is 0 Å². The van der Waals surface area contributed by atoms with E-state index in [1.807, 2.05) is 0 Å². The van der Waals surface area contributed by atoms with Crippen molar-refractivity contribution in [1.29, 1.82) is 0 Å². The molecule has 0 spiro atoms. The lowest BCUT2D eigenvalue weighted by Gasteiger charge is -2.35. The van der Waals surface area contributed by atoms with Crippen LogP contribution in [0, 0.1) is 5.82 Å². The molecule has 3 heterocycles. The number of hydrogen-bond acceptors (Lipinski definition) is 6. The summed E-state index contributed by atoms with van der Waals surface area (Å²) in [5.41, 5.74) is 7.08. The van der Waals surface area contributed by atoms with Gasteiger partial charge in [0.1, 0.15) is 17.1 Å². The van der Waals surface area contributed by atoms with Gasteiger partial charge in [-0.05, 0) is 35.4 Å². The number of amides is 1. The van der Waals surface area contributed by atoms with Crippen LogP contribution in [0.1, 0.15) is 40.1 Å². The Morgan fingerprint density at radius 1 is 1.19 bits per heavy atom. The average Bonchev–Trinajstić information content (AvgIpc) is 3.12. The summed E-state index contributed by atoms with van der Waals surface area (Å²) in [7, 11) is 0. The zero-order chi connectivity index (χ0) is 22.1. The standard InChI is InChI=1S/C21H17ClFN5O3/c22-16-6-3-12(10-26-16)15(9-17(24)29)28-18-14(21(30)31)7-8-25-19(18)27-20(28)11-1-4-13(23)5-2-11/h1-8,10,15,20H,9H2,(H2,24,29)(H,25,27)(H,30,31). The number of hydrogen-bond donors (Lipinski definition) is 3. The van der Waals surface area contributed by atoms with Crippen molar-refractivity contribution in [3.63, 3.8) is 0 Å². The van der Waals surface area contributed by atoms with Gasteiger partial charge in [0, 0.05) is 12.4 Å². The maximum Gasteiger partial charge on any atom is 0.338 e. The minimum Gasteiger partial charge on any atom is -0.478 e. The van der Waals surface area contributed by atoms with E-state index in [-0.39, 0.29) is 17.1 Å². The molecule has 1 amide bonds. The van der Waals surface area contributed by atoms with Gasteiger partial charge in [-0.2, -0.15) is 0 Å². The molecule has 0 saturated heterocycles. The van der Waals surface area contributed by atoms with Crippen LogP contribution in [0.25, 0.3) is 0 Å². The van der Waals surface area contributed by atoms with Crippen LogP contribution in [0.3, 0.4) is 0 Å². The van der Waals surface area contributed by atoms with E-state index in [9.17, 15) is 19.1 Å². The number of aromatic nitrogens is 2. The summed E-state index contributed by atoms with van der Waals surface area (Å²) in [6, 6.07) is 9.72. The molecule has 0 saturated carbocycles. The second-order valence-electron chi connectivity index (χ2n) is 6.97. The summed E-state index contributed by atoms with van der Waals surface area (Å²) in [5.74, 6) is -1.83. The Hall–Kier alpha value is -3.72. The Balaban J connectivity index is 1.92. The third-order valence-electron chi connectivity index (χ3n) is 5.02. The van der Waals surface area contributed by atoms with Crippen LogP contribution in [0.2, 0.25) is 5.15 Å². The molecule has 0 bridgehead atoms. The van der Waals surface area contributed by atoms with Gasteiger partial charge in [0.05, 0.1) is 23.7 Å². The van der Waals surface area contributed by atoms with E-state index in [1.165, 1.54) is 30.6 Å². The number of aromatic carboxylic acids is 1. The Kier molecular flexibility index (Phi) is 5.43. The molecule has 158 valence electrons. The first kappa shape index (κ1) is 20.5. The molecule has 3 aromatic rings. The van der Waals surface area contributed by atoms with Crippen molar-refractivity contribution < 1.29 is 19.1 Å². The van der Waals surface area contributed by atoms with Crippen LogP contribution >= 0.6 is 11.6 Å². The lowest BCUT2D eigenvalue weighted by molar-refractivity contribution is -0.118. The van der Waals surface area contributed by atoms with E-state index in [2.05, 4.69) is 15.3 Å². The molecule has 2 atom stereocenters. The molecule has 10 heteroatoms. The van der Waals surface area contributed by atoms with Crippen molar-refractivity contribution in [2.24, 2.45) is 5.73 Å². The second-order valence-corrected chi connectivity index (χ2v) is 7.35. The first-order valence-electron chi connectivity index (χ1n) is 9.27. The zero-order valence-electron chi connectivity index (χ0n) is 16.0. The lowest BCUT2D eigenvalue weighted by Crippen LogP contribution is -2.35. The van der Waals surface area contributed by atoms with Crippen LogP contribution in [0.5, 0.6) is 0 Å². The average molecular weight is 442 g/mol. The van der Waals surface area contributed by atoms with E-state index in [0.717, 1.165) is 0 Å². The van der Waals surface area contributed by atoms with Gasteiger partial charge in [0.2, 0.25) is 5.91 Å². The number of halogens is 2. The number of carboxylic acids is 1. The number of nitrogens with zero attached hydrogens (tertiary/aromatic N) is 3. The molecule has 4 rings (SSSR count). The number of nitrogens with two attached hydrogens (primary N) is 1. The van der Waals surface area contributed by atoms with Crippen molar-refractivity contribution in [1.82, 2.24) is 9.97 Å². The number of carboxylic acid groups (broad SMARTS) is 1. The van der Waals surface area contributed by atoms with Crippen molar-refractivity contribution in [3.05, 3.63) is 82.5 Å². The molecule has 8 nitrogen and oxygen atoms in total. The Bertz CT molecular complexity index is 1140. The quantitative estimate of drug-likeness (QED) is 0.500. The number of pyridine rings is 2. The number of fused-ring (bicyclic) bond motifs is 1. The highest BCUT2D eigenvalue weighted by molar-refractivity contribution is 6.29. The summed E-state index contributed by atoms with van der Waals surface area (Å²) < 4.78 is 13.5. The van der Waals surface area contributed by atoms with Gasteiger partial charge in [-0.1, -0.05) is 29.8 Å². The summed E-state index contributed by atoms with van der Waals surface area (Å²) in [5, 5.41) is 13.2. The molecule has 4 N–H and O–H groups in total. The van der Waals surface area contributed by atoms with E-state index >= 15 is 0 Å². The van der Waals surface area contributed by atoms with E-state index < -0.39 is 29.9 Å². The molecule has 0 aliphatic carbocycles. The van der Waals surface area contributed by atoms with Crippen LogP contribution in [-0.4, -0.2) is 27.0 Å². The molecular formula is C21H17ClFN5O3. The van der Waals surface area contributed by atoms with Crippen LogP contribution in [0.4, 0.5) is 15.9 Å². The maximum absolute atomic E-state index is 13.5. The molecular weight excluding hydrogens is 425 g/mol. The maximum atomic E-state index is 13.5. The van der Waals surface area contributed by atoms with Crippen LogP contribution < -0.4 is 16.0 Å². The normalized spacial score (nSPS) is 15.8. The Morgan fingerprint density at radius 3 is 2.55 bits per heavy atom. The highest BCUT2D eigenvalue weighted by Crippen LogP contribution is 2.47. The predicted molar refractivity (Wildman–Crippen MR) is 112 cm³/mol. The third-order valence-corrected chi connectivity index (χ3v) is 5.24. The molecule has 2 unspecified atom stereocenters. The second kappa shape index (κ2) is 8.19. The number of rotatable bonds is 6. The topological polar surface area (TPSA) is 121 Å². The van der Waals surface area contributed by atoms with Gasteiger partial charge in [-0.15, -0.1) is 0 Å². The largest absolute Gasteiger partial charge is 0.478 e. The van der Waals surface area contributed by atoms with E-state index in [1.54, 1.807) is 29.2 Å². The summed E-state index contributed by atoms with van der Waals surface area (Å²) in [6.45, 7) is 0. The monoisotopic (exact) mass is 441 g/mol. The summed E-state index contributed by atoms with van der Waals surface area (Å²) in [4.78, 5) is 34.0. The van der Waals surface area contributed by atoms with Crippen LogP contribution in [0.15, 0.2) is 54.9 Å². The van der Waals surface area contributed by atoms with Gasteiger partial charge >= 0.3 is 5.97 Å². The Morgan fingerprint density at radius 2 is 1.94 bits per heavy atom. The molecule has 1 aromatic carbocycles. The summed E-state index contributed by atoms with van der Waals surface area (Å²) >= 11 is 5.92. The molecule has 1 aliphatic heterocycles. The number of primary amides is 1. The Labute approximate surface area is 181 Å². The predicted octanol–water partition coefficient (Wildman–Crippen LogP) is 3.51. The lowest BCUT2D eigenvalue weighted by atomic mass is 10.00. The highest BCUT2D eigenvalue weighted by Gasteiger charge is 2.40. The van der Waals surface area contributed by atoms with E-state index in [4.69, 9.17) is 17.3 Å². The fraction of sp³-hybridized carbons (Fsp3) is 0.143. The minimum atomic E-state index is -1.16. The van der Waals surface area contributed by atoms with Gasteiger partial charge < -0.3 is 21.1 Å². The van der Waals surface area contributed by atoms with Crippen molar-refractivity contribution in [2.75, 3.05) is 10.2 Å². The SMILES string of the molecule is NC(=O)CC(c1ccc(Cl)nc1)N1c2c(C(=O)O)ccnc2NC1c1ccc(F)cc1. The van der Waals surface area contributed by atoms with Crippen molar-refractivity contribution in [3.8, 4) is 0 Å². The fourth-order valence-electron chi connectivity index (χ4n) is 3.70. The first-order valence-corrected chi connectivity index (χ1v) is 9.65. The minimum absolute atomic E-state index is 0.00138. The zero-order valence-corrected chi connectivity index (χ0v) is 16.8. The summed E-state index contributed by atoms with van der Waals surface area (Å²) in [6.07, 6.45) is 2.12. The number of nitrogens with one attached hydrogen (secondary N) is 1.